The first-order valence-corrected chi connectivity index (χ1v) is 9.03. The van der Waals surface area contributed by atoms with Crippen LogP contribution in [0.15, 0.2) is 30.3 Å². The summed E-state index contributed by atoms with van der Waals surface area (Å²) in [6.07, 6.45) is 3.05. The van der Waals surface area contributed by atoms with Gasteiger partial charge in [0.05, 0.1) is 10.7 Å². The molecule has 1 aliphatic heterocycles. The third-order valence-electron chi connectivity index (χ3n) is 4.25. The molecule has 25 heavy (non-hydrogen) atoms. The van der Waals surface area contributed by atoms with E-state index in [2.05, 4.69) is 27.8 Å². The van der Waals surface area contributed by atoms with Crippen molar-refractivity contribution in [2.24, 2.45) is 5.92 Å². The first-order valence-electron chi connectivity index (χ1n) is 8.21. The van der Waals surface area contributed by atoms with Crippen LogP contribution in [0.25, 0.3) is 0 Å². The number of aromatic nitrogens is 1. The lowest BCUT2D eigenvalue weighted by Crippen LogP contribution is -2.26. The first kappa shape index (κ1) is 21.9. The van der Waals surface area contributed by atoms with E-state index >= 15 is 0 Å². The molecule has 4 nitrogen and oxygen atoms in total. The highest BCUT2D eigenvalue weighted by atomic mass is 35.5. The van der Waals surface area contributed by atoms with Gasteiger partial charge in [0.2, 0.25) is 0 Å². The molecule has 0 radical (unpaired) electrons. The molecule has 1 amide bonds. The SMILES string of the molecule is Cc1nc(Cc2ccccc2)sc1C(=O)NCCC1CCNC1.Cl.Cl. The van der Waals surface area contributed by atoms with Crippen molar-refractivity contribution in [3.05, 3.63) is 51.5 Å². The standard InChI is InChI=1S/C18H23N3OS.2ClH/c1-13-17(18(22)20-10-8-15-7-9-19-12-15)23-16(21-13)11-14-5-3-2-4-6-14;;/h2-6,15,19H,7-12H2,1H3,(H,20,22);2*1H. The van der Waals surface area contributed by atoms with Gasteiger partial charge in [0.25, 0.3) is 5.91 Å². The minimum Gasteiger partial charge on any atom is -0.351 e. The zero-order valence-corrected chi connectivity index (χ0v) is 16.7. The second kappa shape index (κ2) is 10.8. The Balaban J connectivity index is 0.00000156. The topological polar surface area (TPSA) is 54.0 Å². The molecule has 1 aromatic carbocycles. The third kappa shape index (κ3) is 6.26. The van der Waals surface area contributed by atoms with Gasteiger partial charge in [-0.05, 0) is 44.3 Å². The fourth-order valence-electron chi connectivity index (χ4n) is 2.94. The number of carbonyl (C=O) groups is 1. The molecule has 1 atom stereocenters. The van der Waals surface area contributed by atoms with E-state index < -0.39 is 0 Å². The van der Waals surface area contributed by atoms with E-state index in [1.54, 1.807) is 0 Å². The highest BCUT2D eigenvalue weighted by molar-refractivity contribution is 7.13. The van der Waals surface area contributed by atoms with Crippen LogP contribution in [0.5, 0.6) is 0 Å². The molecule has 1 saturated heterocycles. The zero-order valence-electron chi connectivity index (χ0n) is 14.3. The number of rotatable bonds is 6. The normalized spacial score (nSPS) is 16.0. The summed E-state index contributed by atoms with van der Waals surface area (Å²) in [4.78, 5) is 17.7. The summed E-state index contributed by atoms with van der Waals surface area (Å²) in [5.41, 5.74) is 2.06. The minimum absolute atomic E-state index is 0. The molecule has 0 aliphatic carbocycles. The quantitative estimate of drug-likeness (QED) is 0.776. The predicted molar refractivity (Wildman–Crippen MR) is 109 cm³/mol. The molecule has 0 bridgehead atoms. The average Bonchev–Trinajstić information content (AvgIpc) is 3.18. The Kier molecular flexibility index (Phi) is 9.43. The number of nitrogens with zero attached hydrogens (tertiary/aromatic N) is 1. The monoisotopic (exact) mass is 401 g/mol. The number of halogens is 2. The Bertz CT molecular complexity index is 658. The van der Waals surface area contributed by atoms with Crippen LogP contribution in [0.2, 0.25) is 0 Å². The molecule has 1 aromatic heterocycles. The van der Waals surface area contributed by atoms with Gasteiger partial charge in [-0.25, -0.2) is 4.98 Å². The van der Waals surface area contributed by atoms with Crippen molar-refractivity contribution < 1.29 is 4.79 Å². The zero-order chi connectivity index (χ0) is 16.1. The number of benzene rings is 1. The summed E-state index contributed by atoms with van der Waals surface area (Å²) in [5.74, 6) is 0.719. The van der Waals surface area contributed by atoms with Gasteiger partial charge in [0.1, 0.15) is 4.88 Å². The van der Waals surface area contributed by atoms with Gasteiger partial charge < -0.3 is 10.6 Å². The molecule has 138 valence electrons. The van der Waals surface area contributed by atoms with E-state index in [0.29, 0.717) is 5.92 Å². The summed E-state index contributed by atoms with van der Waals surface area (Å²) in [6.45, 7) is 4.85. The van der Waals surface area contributed by atoms with Crippen molar-refractivity contribution in [1.82, 2.24) is 15.6 Å². The highest BCUT2D eigenvalue weighted by Gasteiger charge is 2.17. The average molecular weight is 402 g/mol. The molecule has 2 N–H and O–H groups in total. The number of thiazole rings is 1. The van der Waals surface area contributed by atoms with Crippen molar-refractivity contribution in [3.8, 4) is 0 Å². The van der Waals surface area contributed by atoms with E-state index in [9.17, 15) is 4.79 Å². The van der Waals surface area contributed by atoms with Crippen LogP contribution in [0.4, 0.5) is 0 Å². The van der Waals surface area contributed by atoms with Crippen LogP contribution in [-0.2, 0) is 6.42 Å². The Hall–Kier alpha value is -1.14. The lowest BCUT2D eigenvalue weighted by molar-refractivity contribution is 0.0955. The van der Waals surface area contributed by atoms with Gasteiger partial charge in [-0.2, -0.15) is 0 Å². The van der Waals surface area contributed by atoms with E-state index in [-0.39, 0.29) is 30.7 Å². The molecule has 0 spiro atoms. The second-order valence-corrected chi connectivity index (χ2v) is 7.17. The van der Waals surface area contributed by atoms with Crippen LogP contribution in [0.1, 0.15) is 38.8 Å². The van der Waals surface area contributed by atoms with E-state index in [1.807, 2.05) is 25.1 Å². The summed E-state index contributed by atoms with van der Waals surface area (Å²) in [6, 6.07) is 10.2. The number of nitrogens with one attached hydrogen (secondary N) is 2. The molecular weight excluding hydrogens is 377 g/mol. The molecular formula is C18H25Cl2N3OS. The lowest BCUT2D eigenvalue weighted by Gasteiger charge is -2.08. The van der Waals surface area contributed by atoms with Gasteiger partial charge in [-0.3, -0.25) is 4.79 Å². The number of amides is 1. The van der Waals surface area contributed by atoms with Crippen LogP contribution in [-0.4, -0.2) is 30.5 Å². The van der Waals surface area contributed by atoms with Crippen LogP contribution in [0, 0.1) is 12.8 Å². The number of hydrogen-bond acceptors (Lipinski definition) is 4. The molecule has 7 heteroatoms. The van der Waals surface area contributed by atoms with E-state index in [4.69, 9.17) is 0 Å². The van der Waals surface area contributed by atoms with Crippen LogP contribution >= 0.6 is 36.2 Å². The van der Waals surface area contributed by atoms with E-state index in [1.165, 1.54) is 23.3 Å². The molecule has 3 rings (SSSR count). The summed E-state index contributed by atoms with van der Waals surface area (Å²) < 4.78 is 0. The molecule has 2 heterocycles. The van der Waals surface area contributed by atoms with Crippen molar-refractivity contribution in [2.45, 2.75) is 26.2 Å². The smallest absolute Gasteiger partial charge is 0.263 e. The predicted octanol–water partition coefficient (Wildman–Crippen LogP) is 3.62. The van der Waals surface area contributed by atoms with Crippen LogP contribution in [0.3, 0.4) is 0 Å². The van der Waals surface area contributed by atoms with Crippen LogP contribution < -0.4 is 10.6 Å². The van der Waals surface area contributed by atoms with E-state index in [0.717, 1.165) is 48.1 Å². The molecule has 0 saturated carbocycles. The summed E-state index contributed by atoms with van der Waals surface area (Å²) >= 11 is 1.51. The minimum atomic E-state index is 0. The fraction of sp³-hybridized carbons (Fsp3) is 0.444. The largest absolute Gasteiger partial charge is 0.351 e. The highest BCUT2D eigenvalue weighted by Crippen LogP contribution is 2.21. The Morgan fingerprint density at radius 3 is 2.76 bits per heavy atom. The van der Waals surface area contributed by atoms with Gasteiger partial charge in [0.15, 0.2) is 0 Å². The number of aryl methyl sites for hydroxylation is 1. The van der Waals surface area contributed by atoms with Crippen molar-refractivity contribution >= 4 is 42.1 Å². The number of hydrogen-bond donors (Lipinski definition) is 2. The first-order chi connectivity index (χ1) is 11.2. The Morgan fingerprint density at radius 2 is 2.08 bits per heavy atom. The van der Waals surface area contributed by atoms with Gasteiger partial charge in [0, 0.05) is 13.0 Å². The molecule has 1 fully saturated rings. The van der Waals surface area contributed by atoms with Crippen molar-refractivity contribution in [1.29, 1.82) is 0 Å². The number of carbonyl (C=O) groups excluding carboxylic acids is 1. The second-order valence-electron chi connectivity index (χ2n) is 6.09. The maximum Gasteiger partial charge on any atom is 0.263 e. The summed E-state index contributed by atoms with van der Waals surface area (Å²) in [7, 11) is 0. The summed E-state index contributed by atoms with van der Waals surface area (Å²) in [5, 5.41) is 7.40. The van der Waals surface area contributed by atoms with Crippen molar-refractivity contribution in [3.63, 3.8) is 0 Å². The maximum atomic E-state index is 12.3. The van der Waals surface area contributed by atoms with Gasteiger partial charge in [-0.1, -0.05) is 30.3 Å². The molecule has 1 unspecified atom stereocenters. The Morgan fingerprint density at radius 1 is 1.32 bits per heavy atom. The lowest BCUT2D eigenvalue weighted by atomic mass is 10.1. The third-order valence-corrected chi connectivity index (χ3v) is 5.40. The fourth-order valence-corrected chi connectivity index (χ4v) is 3.96. The molecule has 1 aliphatic rings. The molecule has 2 aromatic rings. The van der Waals surface area contributed by atoms with Gasteiger partial charge >= 0.3 is 0 Å². The maximum absolute atomic E-state index is 12.3. The van der Waals surface area contributed by atoms with Gasteiger partial charge in [-0.15, -0.1) is 36.2 Å². The van der Waals surface area contributed by atoms with Crippen molar-refractivity contribution in [2.75, 3.05) is 19.6 Å². The Labute approximate surface area is 165 Å².